The standard InChI is InChI=1S/C16H17F2N/c1-10-3-5-12(15(17)7-10)14(9-19)13-6-4-11(2)8-16(13)18/h3-8,14H,9,19H2,1-2H3. The lowest BCUT2D eigenvalue weighted by atomic mass is 9.89. The molecule has 0 unspecified atom stereocenters. The minimum atomic E-state index is -0.457. The molecule has 0 aromatic heterocycles. The maximum atomic E-state index is 14.0. The van der Waals surface area contributed by atoms with E-state index in [9.17, 15) is 8.78 Å². The quantitative estimate of drug-likeness (QED) is 0.896. The molecule has 1 nitrogen and oxygen atoms in total. The number of benzene rings is 2. The van der Waals surface area contributed by atoms with Crippen molar-refractivity contribution in [2.45, 2.75) is 19.8 Å². The van der Waals surface area contributed by atoms with Crippen LogP contribution in [0.1, 0.15) is 28.2 Å². The zero-order valence-electron chi connectivity index (χ0n) is 11.1. The van der Waals surface area contributed by atoms with Gasteiger partial charge in [-0.1, -0.05) is 24.3 Å². The summed E-state index contributed by atoms with van der Waals surface area (Å²) in [6.07, 6.45) is 0. The monoisotopic (exact) mass is 261 g/mol. The van der Waals surface area contributed by atoms with Crippen LogP contribution in [0.3, 0.4) is 0 Å². The third kappa shape index (κ3) is 2.82. The van der Waals surface area contributed by atoms with Crippen LogP contribution in [-0.2, 0) is 0 Å². The first-order valence-corrected chi connectivity index (χ1v) is 6.25. The van der Waals surface area contributed by atoms with Gasteiger partial charge in [-0.15, -0.1) is 0 Å². The van der Waals surface area contributed by atoms with E-state index in [0.29, 0.717) is 11.1 Å². The maximum Gasteiger partial charge on any atom is 0.127 e. The van der Waals surface area contributed by atoms with Gasteiger partial charge in [-0.25, -0.2) is 8.78 Å². The minimum absolute atomic E-state index is 0.167. The van der Waals surface area contributed by atoms with Gasteiger partial charge in [0.1, 0.15) is 11.6 Å². The highest BCUT2D eigenvalue weighted by Crippen LogP contribution is 2.28. The molecule has 2 N–H and O–H groups in total. The Morgan fingerprint density at radius 1 is 0.895 bits per heavy atom. The van der Waals surface area contributed by atoms with Gasteiger partial charge in [0.05, 0.1) is 0 Å². The lowest BCUT2D eigenvalue weighted by molar-refractivity contribution is 0.571. The molecular formula is C16H17F2N. The third-order valence-electron chi connectivity index (χ3n) is 3.30. The van der Waals surface area contributed by atoms with E-state index in [0.717, 1.165) is 11.1 Å². The van der Waals surface area contributed by atoms with Gasteiger partial charge in [0, 0.05) is 12.5 Å². The fraction of sp³-hybridized carbons (Fsp3) is 0.250. The molecule has 0 aliphatic carbocycles. The molecule has 0 heterocycles. The van der Waals surface area contributed by atoms with Gasteiger partial charge in [-0.2, -0.15) is 0 Å². The van der Waals surface area contributed by atoms with Crippen molar-refractivity contribution in [1.29, 1.82) is 0 Å². The average Bonchev–Trinajstić information content (AvgIpc) is 2.34. The predicted octanol–water partition coefficient (Wildman–Crippen LogP) is 3.67. The van der Waals surface area contributed by atoms with E-state index in [2.05, 4.69) is 0 Å². The van der Waals surface area contributed by atoms with Crippen LogP contribution in [0, 0.1) is 25.5 Å². The number of nitrogens with two attached hydrogens (primary N) is 1. The molecule has 0 saturated carbocycles. The van der Waals surface area contributed by atoms with E-state index in [-0.39, 0.29) is 18.2 Å². The zero-order valence-corrected chi connectivity index (χ0v) is 11.1. The first-order chi connectivity index (χ1) is 9.02. The molecule has 2 aromatic rings. The Balaban J connectivity index is 2.50. The number of halogens is 2. The second-order valence-corrected chi connectivity index (χ2v) is 4.84. The topological polar surface area (TPSA) is 26.0 Å². The van der Waals surface area contributed by atoms with Gasteiger partial charge in [-0.05, 0) is 48.2 Å². The van der Waals surface area contributed by atoms with Crippen molar-refractivity contribution in [2.24, 2.45) is 5.73 Å². The second kappa shape index (κ2) is 5.49. The van der Waals surface area contributed by atoms with Gasteiger partial charge in [-0.3, -0.25) is 0 Å². The smallest absolute Gasteiger partial charge is 0.127 e. The molecule has 0 amide bonds. The van der Waals surface area contributed by atoms with Crippen molar-refractivity contribution in [3.63, 3.8) is 0 Å². The Kier molecular flexibility index (Phi) is 3.96. The summed E-state index contributed by atoms with van der Waals surface area (Å²) in [4.78, 5) is 0. The summed E-state index contributed by atoms with van der Waals surface area (Å²) in [7, 11) is 0. The fourth-order valence-electron chi connectivity index (χ4n) is 2.25. The number of aryl methyl sites for hydroxylation is 2. The van der Waals surface area contributed by atoms with E-state index in [1.807, 2.05) is 26.0 Å². The number of rotatable bonds is 3. The van der Waals surface area contributed by atoms with Crippen LogP contribution in [-0.4, -0.2) is 6.54 Å². The van der Waals surface area contributed by atoms with Crippen molar-refractivity contribution in [3.05, 3.63) is 70.3 Å². The van der Waals surface area contributed by atoms with Gasteiger partial charge in [0.2, 0.25) is 0 Å². The summed E-state index contributed by atoms with van der Waals surface area (Å²) in [5.74, 6) is -1.13. The summed E-state index contributed by atoms with van der Waals surface area (Å²) in [5.41, 5.74) is 8.27. The Morgan fingerprint density at radius 2 is 1.32 bits per heavy atom. The molecule has 3 heteroatoms. The minimum Gasteiger partial charge on any atom is -0.330 e. The van der Waals surface area contributed by atoms with Crippen molar-refractivity contribution in [3.8, 4) is 0 Å². The molecule has 0 atom stereocenters. The van der Waals surface area contributed by atoms with Crippen LogP contribution in [0.25, 0.3) is 0 Å². The van der Waals surface area contributed by atoms with E-state index in [1.54, 1.807) is 12.1 Å². The molecule has 0 radical (unpaired) electrons. The lowest BCUT2D eigenvalue weighted by Gasteiger charge is -2.18. The van der Waals surface area contributed by atoms with Crippen molar-refractivity contribution < 1.29 is 8.78 Å². The van der Waals surface area contributed by atoms with Gasteiger partial charge in [0.25, 0.3) is 0 Å². The Bertz CT molecular complexity index is 542. The van der Waals surface area contributed by atoms with Crippen molar-refractivity contribution >= 4 is 0 Å². The van der Waals surface area contributed by atoms with E-state index in [4.69, 9.17) is 5.73 Å². The molecule has 19 heavy (non-hydrogen) atoms. The molecule has 0 spiro atoms. The van der Waals surface area contributed by atoms with Crippen molar-refractivity contribution in [1.82, 2.24) is 0 Å². The van der Waals surface area contributed by atoms with E-state index in [1.165, 1.54) is 12.1 Å². The average molecular weight is 261 g/mol. The Labute approximate surface area is 112 Å². The third-order valence-corrected chi connectivity index (χ3v) is 3.30. The predicted molar refractivity (Wildman–Crippen MR) is 73.2 cm³/mol. The zero-order chi connectivity index (χ0) is 14.0. The highest BCUT2D eigenvalue weighted by molar-refractivity contribution is 5.37. The van der Waals surface area contributed by atoms with Gasteiger partial charge in [0.15, 0.2) is 0 Å². The number of hydrogen-bond acceptors (Lipinski definition) is 1. The second-order valence-electron chi connectivity index (χ2n) is 4.84. The summed E-state index contributed by atoms with van der Waals surface area (Å²) < 4.78 is 28.0. The number of hydrogen-bond donors (Lipinski definition) is 1. The van der Waals surface area contributed by atoms with Crippen LogP contribution in [0.2, 0.25) is 0 Å². The molecule has 0 aliphatic rings. The Morgan fingerprint density at radius 3 is 1.63 bits per heavy atom. The van der Waals surface area contributed by atoms with E-state index >= 15 is 0 Å². The molecule has 0 bridgehead atoms. The van der Waals surface area contributed by atoms with Gasteiger partial charge >= 0.3 is 0 Å². The molecule has 2 aromatic carbocycles. The van der Waals surface area contributed by atoms with Crippen LogP contribution >= 0.6 is 0 Å². The summed E-state index contributed by atoms with van der Waals surface area (Å²) in [5, 5.41) is 0. The summed E-state index contributed by atoms with van der Waals surface area (Å²) >= 11 is 0. The SMILES string of the molecule is Cc1ccc(C(CN)c2ccc(C)cc2F)c(F)c1. The van der Waals surface area contributed by atoms with Gasteiger partial charge < -0.3 is 5.73 Å². The highest BCUT2D eigenvalue weighted by Gasteiger charge is 2.19. The Hall–Kier alpha value is -1.74. The van der Waals surface area contributed by atoms with Crippen LogP contribution in [0.5, 0.6) is 0 Å². The molecule has 0 saturated heterocycles. The molecular weight excluding hydrogens is 244 g/mol. The van der Waals surface area contributed by atoms with Crippen LogP contribution < -0.4 is 5.73 Å². The summed E-state index contributed by atoms with van der Waals surface area (Å²) in [6.45, 7) is 3.80. The molecule has 100 valence electrons. The first kappa shape index (κ1) is 13.7. The van der Waals surface area contributed by atoms with Crippen LogP contribution in [0.15, 0.2) is 36.4 Å². The molecule has 2 rings (SSSR count). The van der Waals surface area contributed by atoms with Crippen molar-refractivity contribution in [2.75, 3.05) is 6.54 Å². The van der Waals surface area contributed by atoms with Crippen LogP contribution in [0.4, 0.5) is 8.78 Å². The highest BCUT2D eigenvalue weighted by atomic mass is 19.1. The molecule has 0 aliphatic heterocycles. The maximum absolute atomic E-state index is 14.0. The van der Waals surface area contributed by atoms with E-state index < -0.39 is 5.92 Å². The molecule has 0 fully saturated rings. The fourth-order valence-corrected chi connectivity index (χ4v) is 2.25. The normalized spacial score (nSPS) is 11.1. The first-order valence-electron chi connectivity index (χ1n) is 6.25. The lowest BCUT2D eigenvalue weighted by Crippen LogP contribution is -2.16. The summed E-state index contributed by atoms with van der Waals surface area (Å²) in [6, 6.07) is 9.89. The largest absolute Gasteiger partial charge is 0.330 e.